The Morgan fingerprint density at radius 2 is 1.05 bits per heavy atom. The van der Waals surface area contributed by atoms with E-state index < -0.39 is 0 Å². The molecule has 3 nitrogen and oxygen atoms in total. The normalized spacial score (nSPS) is 11.9. The summed E-state index contributed by atoms with van der Waals surface area (Å²) >= 11 is 1.76. The lowest BCUT2D eigenvalue weighted by Crippen LogP contribution is -1.95. The van der Waals surface area contributed by atoms with Crippen molar-refractivity contribution in [1.82, 2.24) is 9.97 Å². The lowest BCUT2D eigenvalue weighted by Gasteiger charge is -2.13. The molecule has 0 saturated heterocycles. The third-order valence-electron chi connectivity index (χ3n) is 11.3. The molecule has 0 unspecified atom stereocenters. The number of furan rings is 1. The summed E-state index contributed by atoms with van der Waals surface area (Å²) in [5.74, 6) is 0.678. The van der Waals surface area contributed by atoms with Gasteiger partial charge in [0, 0.05) is 32.0 Å². The molecule has 0 radical (unpaired) electrons. The van der Waals surface area contributed by atoms with E-state index in [1.165, 1.54) is 37.0 Å². The molecule has 260 valence electrons. The van der Waals surface area contributed by atoms with Crippen molar-refractivity contribution in [2.45, 2.75) is 0 Å². The van der Waals surface area contributed by atoms with Gasteiger partial charge in [0.25, 0.3) is 0 Å². The van der Waals surface area contributed by atoms with Gasteiger partial charge in [-0.3, -0.25) is 0 Å². The molecule has 0 atom stereocenters. The topological polar surface area (TPSA) is 38.9 Å². The van der Waals surface area contributed by atoms with E-state index in [0.717, 1.165) is 76.6 Å². The van der Waals surface area contributed by atoms with Crippen LogP contribution in [0.15, 0.2) is 186 Å². The van der Waals surface area contributed by atoms with Crippen molar-refractivity contribution in [3.05, 3.63) is 182 Å². The first-order valence-electron chi connectivity index (χ1n) is 18.9. The molecule has 56 heavy (non-hydrogen) atoms. The standard InChI is InChI=1S/C52H30N2OS/c1-2-12-31(13-3-1)36-15-6-7-17-38(36)35-29-44(48-42-18-8-10-20-45(42)55-46(48)30-35)52-53-49(51-50(54-52)43-19-9-11-21-47(43)56-51)34-24-25-39-33(28-34)23-27-40-37-16-5-4-14-32(37)22-26-41(39)40/h1-30H. The van der Waals surface area contributed by atoms with Crippen LogP contribution in [0.3, 0.4) is 0 Å². The summed E-state index contributed by atoms with van der Waals surface area (Å²) in [5.41, 5.74) is 10.1. The number of aromatic nitrogens is 2. The van der Waals surface area contributed by atoms with E-state index in [0.29, 0.717) is 5.82 Å². The maximum atomic E-state index is 6.64. The molecule has 0 amide bonds. The molecule has 0 bridgehead atoms. The molecule has 12 aromatic rings. The van der Waals surface area contributed by atoms with E-state index >= 15 is 0 Å². The summed E-state index contributed by atoms with van der Waals surface area (Å²) < 4.78 is 8.91. The Hall–Kier alpha value is -7.14. The molecule has 4 heteroatoms. The monoisotopic (exact) mass is 730 g/mol. The maximum Gasteiger partial charge on any atom is 0.161 e. The van der Waals surface area contributed by atoms with E-state index in [1.54, 1.807) is 11.3 Å². The van der Waals surface area contributed by atoms with Crippen LogP contribution in [0.4, 0.5) is 0 Å². The van der Waals surface area contributed by atoms with Crippen LogP contribution >= 0.6 is 11.3 Å². The van der Waals surface area contributed by atoms with Gasteiger partial charge in [-0.2, -0.15) is 0 Å². The number of fused-ring (bicyclic) bond motifs is 11. The molecular formula is C52H30N2OS. The minimum atomic E-state index is 0.678. The van der Waals surface area contributed by atoms with Crippen molar-refractivity contribution >= 4 is 85.9 Å². The Labute approximate surface area is 325 Å². The van der Waals surface area contributed by atoms with E-state index in [9.17, 15) is 0 Å². The average Bonchev–Trinajstić information content (AvgIpc) is 3.84. The zero-order valence-electron chi connectivity index (χ0n) is 30.0. The Morgan fingerprint density at radius 1 is 0.393 bits per heavy atom. The molecule has 0 aliphatic carbocycles. The summed E-state index contributed by atoms with van der Waals surface area (Å²) in [5, 5.41) is 10.7. The molecule has 0 aliphatic heterocycles. The first-order chi connectivity index (χ1) is 27.7. The molecule has 9 aromatic carbocycles. The van der Waals surface area contributed by atoms with E-state index in [2.05, 4.69) is 170 Å². The number of hydrogen-bond donors (Lipinski definition) is 0. The van der Waals surface area contributed by atoms with E-state index in [1.807, 2.05) is 12.1 Å². The second kappa shape index (κ2) is 12.2. The van der Waals surface area contributed by atoms with Crippen LogP contribution in [0.2, 0.25) is 0 Å². The Morgan fingerprint density at radius 3 is 1.91 bits per heavy atom. The maximum absolute atomic E-state index is 6.64. The van der Waals surface area contributed by atoms with Crippen LogP contribution in [0.5, 0.6) is 0 Å². The summed E-state index contributed by atoms with van der Waals surface area (Å²) in [6.07, 6.45) is 0. The van der Waals surface area contributed by atoms with Crippen molar-refractivity contribution in [3.63, 3.8) is 0 Å². The minimum Gasteiger partial charge on any atom is -0.456 e. The fourth-order valence-corrected chi connectivity index (χ4v) is 9.83. The van der Waals surface area contributed by atoms with Crippen molar-refractivity contribution < 1.29 is 4.42 Å². The van der Waals surface area contributed by atoms with Crippen LogP contribution in [-0.4, -0.2) is 9.97 Å². The first-order valence-corrected chi connectivity index (χ1v) is 19.7. The van der Waals surface area contributed by atoms with Gasteiger partial charge in [-0.05, 0) is 84.9 Å². The van der Waals surface area contributed by atoms with Crippen LogP contribution in [0.1, 0.15) is 0 Å². The Kier molecular flexibility index (Phi) is 6.80. The molecule has 0 saturated carbocycles. The van der Waals surface area contributed by atoms with Crippen LogP contribution in [-0.2, 0) is 0 Å². The lowest BCUT2D eigenvalue weighted by atomic mass is 9.92. The Balaban J connectivity index is 1.14. The van der Waals surface area contributed by atoms with Crippen molar-refractivity contribution in [1.29, 1.82) is 0 Å². The van der Waals surface area contributed by atoms with Gasteiger partial charge in [-0.1, -0.05) is 152 Å². The fraction of sp³-hybridized carbons (Fsp3) is 0. The second-order valence-electron chi connectivity index (χ2n) is 14.5. The van der Waals surface area contributed by atoms with Gasteiger partial charge in [0.2, 0.25) is 0 Å². The minimum absolute atomic E-state index is 0.678. The molecular weight excluding hydrogens is 701 g/mol. The number of thiophene rings is 1. The molecule has 0 fully saturated rings. The fourth-order valence-electron chi connectivity index (χ4n) is 8.67. The largest absolute Gasteiger partial charge is 0.456 e. The summed E-state index contributed by atoms with van der Waals surface area (Å²) in [6, 6.07) is 64.9. The van der Waals surface area contributed by atoms with Gasteiger partial charge in [0.15, 0.2) is 5.82 Å². The number of rotatable bonds is 4. The number of nitrogens with zero attached hydrogens (tertiary/aromatic N) is 2. The summed E-state index contributed by atoms with van der Waals surface area (Å²) in [4.78, 5) is 11.0. The number of para-hydroxylation sites is 1. The summed E-state index contributed by atoms with van der Waals surface area (Å²) in [7, 11) is 0. The van der Waals surface area contributed by atoms with E-state index in [-0.39, 0.29) is 0 Å². The lowest BCUT2D eigenvalue weighted by molar-refractivity contribution is 0.669. The zero-order chi connectivity index (χ0) is 36.7. The second-order valence-corrected chi connectivity index (χ2v) is 15.5. The SMILES string of the molecule is c1ccc(-c2ccccc2-c2cc(-c3nc(-c4ccc5c(ccc6c7ccccc7ccc56)c4)c4sc5ccccc5c4n3)c3c(c2)oc2ccccc23)cc1. The Bertz CT molecular complexity index is 3540. The summed E-state index contributed by atoms with van der Waals surface area (Å²) in [6.45, 7) is 0. The van der Waals surface area contributed by atoms with Gasteiger partial charge in [0.1, 0.15) is 11.2 Å². The van der Waals surface area contributed by atoms with Crippen LogP contribution < -0.4 is 0 Å². The predicted octanol–water partition coefficient (Wildman–Crippen LogP) is 14.9. The molecule has 12 rings (SSSR count). The van der Waals surface area contributed by atoms with Gasteiger partial charge in [0.05, 0.1) is 15.9 Å². The zero-order valence-corrected chi connectivity index (χ0v) is 30.8. The van der Waals surface area contributed by atoms with Crippen LogP contribution in [0.25, 0.3) is 119 Å². The van der Waals surface area contributed by atoms with Crippen molar-refractivity contribution in [3.8, 4) is 44.9 Å². The first kappa shape index (κ1) is 31.2. The molecule has 0 N–H and O–H groups in total. The predicted molar refractivity (Wildman–Crippen MR) is 236 cm³/mol. The quantitative estimate of drug-likeness (QED) is 0.169. The number of hydrogen-bond acceptors (Lipinski definition) is 4. The van der Waals surface area contributed by atoms with Crippen LogP contribution in [0, 0.1) is 0 Å². The van der Waals surface area contributed by atoms with Gasteiger partial charge < -0.3 is 4.42 Å². The third kappa shape index (κ3) is 4.76. The third-order valence-corrected chi connectivity index (χ3v) is 12.4. The highest BCUT2D eigenvalue weighted by Crippen LogP contribution is 2.45. The highest BCUT2D eigenvalue weighted by molar-refractivity contribution is 7.26. The highest BCUT2D eigenvalue weighted by atomic mass is 32.1. The average molecular weight is 731 g/mol. The highest BCUT2D eigenvalue weighted by Gasteiger charge is 2.22. The van der Waals surface area contributed by atoms with Crippen molar-refractivity contribution in [2.75, 3.05) is 0 Å². The van der Waals surface area contributed by atoms with Gasteiger partial charge in [-0.15, -0.1) is 11.3 Å². The van der Waals surface area contributed by atoms with Gasteiger partial charge >= 0.3 is 0 Å². The smallest absolute Gasteiger partial charge is 0.161 e. The van der Waals surface area contributed by atoms with E-state index in [4.69, 9.17) is 14.4 Å². The molecule has 3 heterocycles. The molecule has 3 aromatic heterocycles. The number of benzene rings is 9. The van der Waals surface area contributed by atoms with Crippen molar-refractivity contribution in [2.24, 2.45) is 0 Å². The molecule has 0 aliphatic rings. The van der Waals surface area contributed by atoms with Gasteiger partial charge in [-0.25, -0.2) is 9.97 Å². The molecule has 0 spiro atoms.